The van der Waals surface area contributed by atoms with Gasteiger partial charge in [0.15, 0.2) is 0 Å². The average molecular weight is 427 g/mol. The molecule has 1 atom stereocenters. The van der Waals surface area contributed by atoms with Gasteiger partial charge in [0.2, 0.25) is 0 Å². The minimum absolute atomic E-state index is 0.309. The number of esters is 2. The summed E-state index contributed by atoms with van der Waals surface area (Å²) >= 11 is 0. The van der Waals surface area contributed by atoms with Crippen molar-refractivity contribution in [1.82, 2.24) is 0 Å². The minimum atomic E-state index is -0.494. The van der Waals surface area contributed by atoms with Gasteiger partial charge in [-0.1, -0.05) is 58.2 Å². The number of rotatable bonds is 11. The molecule has 0 aliphatic heterocycles. The number of carbonyl (C=O) groups excluding carboxylic acids is 2. The number of carbonyl (C=O) groups is 2. The van der Waals surface area contributed by atoms with Gasteiger partial charge in [0.05, 0.1) is 19.3 Å². The maximum atomic E-state index is 12.7. The van der Waals surface area contributed by atoms with Gasteiger partial charge < -0.3 is 14.2 Å². The summed E-state index contributed by atoms with van der Waals surface area (Å²) in [6, 6.07) is 12.0. The first-order chi connectivity index (χ1) is 14.8. The van der Waals surface area contributed by atoms with Crippen LogP contribution in [0.3, 0.4) is 0 Å². The first-order valence-electron chi connectivity index (χ1n) is 10.9. The highest BCUT2D eigenvalue weighted by Gasteiger charge is 2.22. The Kier molecular flexibility index (Phi) is 9.57. The van der Waals surface area contributed by atoms with E-state index in [9.17, 15) is 9.59 Å². The third-order valence-electron chi connectivity index (χ3n) is 5.32. The normalized spacial score (nSPS) is 11.8. The van der Waals surface area contributed by atoms with Crippen molar-refractivity contribution >= 4 is 11.9 Å². The summed E-state index contributed by atoms with van der Waals surface area (Å²) in [7, 11) is 1.33. The standard InChI is InChI=1S/C26H34O5/c1-18(2)10-9-11-19(3)16-17-30-24-20(4)22(14-15-23(24)25(27)29-5)26(28)31-21-12-7-6-8-13-21/h6-8,12-15,18-19H,9-11,16-17H2,1-5H3. The van der Waals surface area contributed by atoms with Crippen molar-refractivity contribution in [1.29, 1.82) is 0 Å². The molecule has 168 valence electrons. The lowest BCUT2D eigenvalue weighted by Crippen LogP contribution is -2.15. The number of methoxy groups -OCH3 is 1. The Bertz CT molecular complexity index is 858. The number of ether oxygens (including phenoxy) is 3. The summed E-state index contributed by atoms with van der Waals surface area (Å²) in [5.41, 5.74) is 1.23. The predicted octanol–water partition coefficient (Wildman–Crippen LogP) is 6.23. The van der Waals surface area contributed by atoms with E-state index in [2.05, 4.69) is 20.8 Å². The van der Waals surface area contributed by atoms with Crippen molar-refractivity contribution in [3.63, 3.8) is 0 Å². The highest BCUT2D eigenvalue weighted by molar-refractivity contribution is 5.98. The zero-order chi connectivity index (χ0) is 22.8. The van der Waals surface area contributed by atoms with Crippen molar-refractivity contribution in [3.05, 3.63) is 59.2 Å². The zero-order valence-electron chi connectivity index (χ0n) is 19.3. The SMILES string of the molecule is COC(=O)c1ccc(C(=O)Oc2ccccc2)c(C)c1OCCC(C)CCCC(C)C. The molecule has 0 amide bonds. The van der Waals surface area contributed by atoms with Crippen LogP contribution in [0.25, 0.3) is 0 Å². The average Bonchev–Trinajstić information content (AvgIpc) is 2.74. The molecular weight excluding hydrogens is 392 g/mol. The van der Waals surface area contributed by atoms with Crippen LogP contribution >= 0.6 is 0 Å². The van der Waals surface area contributed by atoms with Gasteiger partial charge in [0.25, 0.3) is 0 Å². The van der Waals surface area contributed by atoms with E-state index in [0.717, 1.165) is 12.8 Å². The summed E-state index contributed by atoms with van der Waals surface area (Å²) in [6.45, 7) is 8.91. The Morgan fingerprint density at radius 1 is 0.871 bits per heavy atom. The molecule has 31 heavy (non-hydrogen) atoms. The lowest BCUT2D eigenvalue weighted by molar-refractivity contribution is 0.0593. The van der Waals surface area contributed by atoms with Crippen LogP contribution in [0.15, 0.2) is 42.5 Å². The van der Waals surface area contributed by atoms with Crippen molar-refractivity contribution in [3.8, 4) is 11.5 Å². The largest absolute Gasteiger partial charge is 0.492 e. The lowest BCUT2D eigenvalue weighted by Gasteiger charge is -2.17. The van der Waals surface area contributed by atoms with E-state index >= 15 is 0 Å². The van der Waals surface area contributed by atoms with Gasteiger partial charge in [-0.2, -0.15) is 0 Å². The second-order valence-electron chi connectivity index (χ2n) is 8.38. The molecule has 2 aromatic rings. The second kappa shape index (κ2) is 12.1. The van der Waals surface area contributed by atoms with E-state index in [1.54, 1.807) is 43.3 Å². The van der Waals surface area contributed by atoms with Crippen LogP contribution in [0, 0.1) is 18.8 Å². The summed E-state index contributed by atoms with van der Waals surface area (Å²) in [4.78, 5) is 24.9. The first-order valence-corrected chi connectivity index (χ1v) is 10.9. The van der Waals surface area contributed by atoms with Crippen LogP contribution in [0.5, 0.6) is 11.5 Å². The topological polar surface area (TPSA) is 61.8 Å². The van der Waals surface area contributed by atoms with Crippen LogP contribution in [0.2, 0.25) is 0 Å². The van der Waals surface area contributed by atoms with E-state index in [4.69, 9.17) is 14.2 Å². The van der Waals surface area contributed by atoms with E-state index in [-0.39, 0.29) is 0 Å². The second-order valence-corrected chi connectivity index (χ2v) is 8.38. The van der Waals surface area contributed by atoms with Gasteiger partial charge in [0, 0.05) is 5.56 Å². The third kappa shape index (κ3) is 7.42. The Morgan fingerprint density at radius 3 is 2.19 bits per heavy atom. The predicted molar refractivity (Wildman–Crippen MR) is 122 cm³/mol. The molecule has 0 spiro atoms. The molecule has 5 nitrogen and oxygen atoms in total. The van der Waals surface area contributed by atoms with Gasteiger partial charge in [-0.15, -0.1) is 0 Å². The summed E-state index contributed by atoms with van der Waals surface area (Å²) < 4.78 is 16.4. The Balaban J connectivity index is 2.12. The van der Waals surface area contributed by atoms with Gasteiger partial charge in [-0.3, -0.25) is 0 Å². The van der Waals surface area contributed by atoms with Crippen molar-refractivity contribution in [2.45, 2.75) is 53.4 Å². The van der Waals surface area contributed by atoms with Crippen molar-refractivity contribution in [2.24, 2.45) is 11.8 Å². The molecule has 0 saturated carbocycles. The fraction of sp³-hybridized carbons (Fsp3) is 0.462. The van der Waals surface area contributed by atoms with E-state index in [1.165, 1.54) is 20.0 Å². The van der Waals surface area contributed by atoms with Gasteiger partial charge in [0.1, 0.15) is 17.1 Å². The highest BCUT2D eigenvalue weighted by atomic mass is 16.5. The molecule has 1 unspecified atom stereocenters. The Morgan fingerprint density at radius 2 is 1.55 bits per heavy atom. The molecule has 2 aromatic carbocycles. The quantitative estimate of drug-likeness (QED) is 0.315. The highest BCUT2D eigenvalue weighted by Crippen LogP contribution is 2.29. The molecule has 0 aliphatic carbocycles. The van der Waals surface area contributed by atoms with Crippen LogP contribution in [0.1, 0.15) is 72.7 Å². The monoisotopic (exact) mass is 426 g/mol. The van der Waals surface area contributed by atoms with Gasteiger partial charge >= 0.3 is 11.9 Å². The molecular formula is C26H34O5. The molecule has 0 N–H and O–H groups in total. The maximum absolute atomic E-state index is 12.7. The Labute approximate surface area is 185 Å². The fourth-order valence-electron chi connectivity index (χ4n) is 3.40. The van der Waals surface area contributed by atoms with Crippen molar-refractivity contribution in [2.75, 3.05) is 13.7 Å². The summed E-state index contributed by atoms with van der Waals surface area (Å²) in [5, 5.41) is 0. The van der Waals surface area contributed by atoms with Crippen LogP contribution in [0.4, 0.5) is 0 Å². The van der Waals surface area contributed by atoms with E-state index in [0.29, 0.717) is 46.6 Å². The summed E-state index contributed by atoms with van der Waals surface area (Å²) in [6.07, 6.45) is 4.44. The molecule has 0 aromatic heterocycles. The molecule has 2 rings (SSSR count). The van der Waals surface area contributed by atoms with Crippen molar-refractivity contribution < 1.29 is 23.8 Å². The molecule has 0 heterocycles. The first kappa shape index (κ1) is 24.4. The fourth-order valence-corrected chi connectivity index (χ4v) is 3.40. The molecule has 0 fully saturated rings. The maximum Gasteiger partial charge on any atom is 0.343 e. The number of benzene rings is 2. The van der Waals surface area contributed by atoms with Crippen LogP contribution in [-0.2, 0) is 4.74 Å². The van der Waals surface area contributed by atoms with Crippen LogP contribution in [-0.4, -0.2) is 25.7 Å². The number of hydrogen-bond donors (Lipinski definition) is 0. The van der Waals surface area contributed by atoms with E-state index < -0.39 is 11.9 Å². The minimum Gasteiger partial charge on any atom is -0.492 e. The van der Waals surface area contributed by atoms with Crippen LogP contribution < -0.4 is 9.47 Å². The summed E-state index contributed by atoms with van der Waals surface area (Å²) in [5.74, 6) is 1.09. The molecule has 0 aliphatic rings. The Hall–Kier alpha value is -2.82. The smallest absolute Gasteiger partial charge is 0.343 e. The zero-order valence-corrected chi connectivity index (χ0v) is 19.3. The molecule has 0 saturated heterocycles. The van der Waals surface area contributed by atoms with Gasteiger partial charge in [-0.25, -0.2) is 9.59 Å². The third-order valence-corrected chi connectivity index (χ3v) is 5.32. The molecule has 0 bridgehead atoms. The number of para-hydroxylation sites is 1. The molecule has 5 heteroatoms. The van der Waals surface area contributed by atoms with Gasteiger partial charge in [-0.05, 0) is 49.4 Å². The van der Waals surface area contributed by atoms with E-state index in [1.807, 2.05) is 6.07 Å². The lowest BCUT2D eigenvalue weighted by atomic mass is 9.97. The molecule has 0 radical (unpaired) electrons. The number of hydrogen-bond acceptors (Lipinski definition) is 5.